The minimum Gasteiger partial charge on any atom is -0.465 e. The number of carbonyl (C=O) groups excluding carboxylic acids is 1. The molecule has 0 heterocycles. The van der Waals surface area contributed by atoms with Crippen LogP contribution >= 0.6 is 11.6 Å². The lowest BCUT2D eigenvalue weighted by atomic mass is 9.89. The highest BCUT2D eigenvalue weighted by Crippen LogP contribution is 2.43. The quantitative estimate of drug-likeness (QED) is 0.173. The molecule has 0 radical (unpaired) electrons. The zero-order valence-electron chi connectivity index (χ0n) is 14.6. The number of unbranched alkanes of at least 4 members (excludes halogenated alkanes) is 1. The molecule has 0 aromatic rings. The minimum absolute atomic E-state index is 0.173. The van der Waals surface area contributed by atoms with Gasteiger partial charge in [-0.05, 0) is 32.6 Å². The van der Waals surface area contributed by atoms with Gasteiger partial charge in [-0.25, -0.2) is 26.3 Å². The molecule has 3 atom stereocenters. The molecule has 0 aliphatic heterocycles. The fraction of sp³-hybridized carbons (Fsp3) is 0.938. The smallest absolute Gasteiger partial charge is 0.308 e. The number of carbonyl (C=O) groups is 1. The highest BCUT2D eigenvalue weighted by Gasteiger charge is 2.52. The zero-order valence-corrected chi connectivity index (χ0v) is 15.3. The Kier molecular flexibility index (Phi) is 9.62. The highest BCUT2D eigenvalue weighted by molar-refractivity contribution is 6.23. The van der Waals surface area contributed by atoms with Crippen LogP contribution in [0, 0.1) is 5.92 Å². The van der Waals surface area contributed by atoms with E-state index in [1.807, 2.05) is 6.92 Å². The van der Waals surface area contributed by atoms with Crippen LogP contribution < -0.4 is 0 Å². The van der Waals surface area contributed by atoms with Crippen LogP contribution in [-0.4, -0.2) is 35.7 Å². The molecule has 0 aromatic carbocycles. The molecular weight excluding hydrogens is 374 g/mol. The standard InChI is InChI=1S/C16H25ClF6O2/c1-4-5-10-25-12(24)11(2)6-7-15(21,13(18)19)8-9-16(22,23)14(3,17)20/h11,13H,4-10H2,1-3H3. The number of esters is 1. The van der Waals surface area contributed by atoms with E-state index in [-0.39, 0.29) is 13.0 Å². The van der Waals surface area contributed by atoms with Gasteiger partial charge in [0.05, 0.1) is 12.5 Å². The van der Waals surface area contributed by atoms with Crippen molar-refractivity contribution in [1.82, 2.24) is 0 Å². The molecular formula is C16H25ClF6O2. The SMILES string of the molecule is CCCCOC(=O)C(C)CCC(F)(CCC(F)(F)C(C)(F)Cl)C(F)F. The number of rotatable bonds is 12. The summed E-state index contributed by atoms with van der Waals surface area (Å²) in [5.41, 5.74) is -3.26. The van der Waals surface area contributed by atoms with Gasteiger partial charge in [0.25, 0.3) is 12.3 Å². The maximum Gasteiger partial charge on any atom is 0.308 e. The predicted octanol–water partition coefficient (Wildman–Crippen LogP) is 6.06. The largest absolute Gasteiger partial charge is 0.465 e. The van der Waals surface area contributed by atoms with Gasteiger partial charge >= 0.3 is 5.97 Å². The van der Waals surface area contributed by atoms with E-state index in [1.54, 1.807) is 0 Å². The van der Waals surface area contributed by atoms with Gasteiger partial charge < -0.3 is 4.74 Å². The molecule has 2 nitrogen and oxygen atoms in total. The van der Waals surface area contributed by atoms with Crippen molar-refractivity contribution in [2.75, 3.05) is 6.61 Å². The van der Waals surface area contributed by atoms with Gasteiger partial charge in [-0.2, -0.15) is 0 Å². The number of hydrogen-bond donors (Lipinski definition) is 0. The average molecular weight is 399 g/mol. The van der Waals surface area contributed by atoms with Crippen LogP contribution in [-0.2, 0) is 9.53 Å². The summed E-state index contributed by atoms with van der Waals surface area (Å²) in [6, 6.07) is 0. The average Bonchev–Trinajstić information content (AvgIpc) is 2.49. The Hall–Kier alpha value is -0.660. The lowest BCUT2D eigenvalue weighted by Gasteiger charge is -2.30. The van der Waals surface area contributed by atoms with Crippen molar-refractivity contribution in [2.24, 2.45) is 5.92 Å². The maximum atomic E-state index is 14.4. The Balaban J connectivity index is 4.70. The Labute approximate surface area is 149 Å². The summed E-state index contributed by atoms with van der Waals surface area (Å²) in [5, 5.41) is -3.47. The van der Waals surface area contributed by atoms with Crippen molar-refractivity contribution < 1.29 is 35.9 Å². The second kappa shape index (κ2) is 9.88. The van der Waals surface area contributed by atoms with Crippen LogP contribution in [0.25, 0.3) is 0 Å². The normalized spacial score (nSPS) is 18.5. The van der Waals surface area contributed by atoms with E-state index >= 15 is 0 Å². The second-order valence-electron chi connectivity index (χ2n) is 6.39. The van der Waals surface area contributed by atoms with Crippen molar-refractivity contribution in [3.63, 3.8) is 0 Å². The predicted molar refractivity (Wildman–Crippen MR) is 83.7 cm³/mol. The molecule has 0 bridgehead atoms. The van der Waals surface area contributed by atoms with Crippen LogP contribution in [0.4, 0.5) is 26.3 Å². The molecule has 0 aromatic heterocycles. The van der Waals surface area contributed by atoms with Crippen LogP contribution in [0.3, 0.4) is 0 Å². The van der Waals surface area contributed by atoms with E-state index in [4.69, 9.17) is 16.3 Å². The molecule has 0 saturated carbocycles. The first-order valence-corrected chi connectivity index (χ1v) is 8.54. The summed E-state index contributed by atoms with van der Waals surface area (Å²) in [5.74, 6) is -5.68. The fourth-order valence-electron chi connectivity index (χ4n) is 1.96. The highest BCUT2D eigenvalue weighted by atomic mass is 35.5. The van der Waals surface area contributed by atoms with Crippen LogP contribution in [0.5, 0.6) is 0 Å². The Morgan fingerprint density at radius 3 is 2.12 bits per heavy atom. The van der Waals surface area contributed by atoms with E-state index in [0.717, 1.165) is 6.42 Å². The van der Waals surface area contributed by atoms with Crippen LogP contribution in [0.2, 0.25) is 0 Å². The minimum atomic E-state index is -4.16. The monoisotopic (exact) mass is 398 g/mol. The molecule has 0 N–H and O–H groups in total. The molecule has 0 saturated heterocycles. The first-order chi connectivity index (χ1) is 11.3. The molecule has 0 amide bonds. The van der Waals surface area contributed by atoms with E-state index < -0.39 is 54.3 Å². The van der Waals surface area contributed by atoms with Crippen molar-refractivity contribution in [3.8, 4) is 0 Å². The molecule has 0 aliphatic rings. The van der Waals surface area contributed by atoms with Crippen LogP contribution in [0.1, 0.15) is 59.3 Å². The van der Waals surface area contributed by atoms with E-state index in [2.05, 4.69) is 0 Å². The third kappa shape index (κ3) is 8.05. The number of halogens is 7. The zero-order chi connectivity index (χ0) is 19.9. The van der Waals surface area contributed by atoms with E-state index in [9.17, 15) is 31.1 Å². The molecule has 25 heavy (non-hydrogen) atoms. The third-order valence-corrected chi connectivity index (χ3v) is 4.30. The Morgan fingerprint density at radius 1 is 1.12 bits per heavy atom. The third-order valence-electron chi connectivity index (χ3n) is 4.03. The topological polar surface area (TPSA) is 26.3 Å². The second-order valence-corrected chi connectivity index (χ2v) is 7.10. The van der Waals surface area contributed by atoms with E-state index in [0.29, 0.717) is 13.3 Å². The summed E-state index contributed by atoms with van der Waals surface area (Å²) >= 11 is 4.87. The first kappa shape index (κ1) is 24.3. The molecule has 9 heteroatoms. The van der Waals surface area contributed by atoms with Gasteiger partial charge in [0.15, 0.2) is 5.67 Å². The Bertz CT molecular complexity index is 414. The molecule has 0 aliphatic carbocycles. The van der Waals surface area contributed by atoms with Gasteiger partial charge in [0.2, 0.25) is 5.13 Å². The van der Waals surface area contributed by atoms with Gasteiger partial charge in [-0.3, -0.25) is 4.79 Å². The van der Waals surface area contributed by atoms with Crippen molar-refractivity contribution in [1.29, 1.82) is 0 Å². The molecule has 3 unspecified atom stereocenters. The molecule has 0 spiro atoms. The number of ether oxygens (including phenoxy) is 1. The van der Waals surface area contributed by atoms with Gasteiger partial charge in [0.1, 0.15) is 0 Å². The maximum absolute atomic E-state index is 14.4. The molecule has 0 rings (SSSR count). The molecule has 150 valence electrons. The molecule has 0 fully saturated rings. The van der Waals surface area contributed by atoms with Crippen LogP contribution in [0.15, 0.2) is 0 Å². The Morgan fingerprint density at radius 2 is 1.68 bits per heavy atom. The summed E-state index contributed by atoms with van der Waals surface area (Å²) in [6.45, 7) is 3.82. The lowest BCUT2D eigenvalue weighted by Crippen LogP contribution is -2.41. The first-order valence-electron chi connectivity index (χ1n) is 8.16. The van der Waals surface area contributed by atoms with Gasteiger partial charge in [0, 0.05) is 6.42 Å². The van der Waals surface area contributed by atoms with Gasteiger partial charge in [-0.1, -0.05) is 31.9 Å². The van der Waals surface area contributed by atoms with Crippen molar-refractivity contribution >= 4 is 17.6 Å². The number of hydrogen-bond acceptors (Lipinski definition) is 2. The lowest BCUT2D eigenvalue weighted by molar-refractivity contribution is -0.149. The van der Waals surface area contributed by atoms with E-state index in [1.165, 1.54) is 6.92 Å². The fourth-order valence-corrected chi connectivity index (χ4v) is 2.06. The summed E-state index contributed by atoms with van der Waals surface area (Å²) < 4.78 is 85.3. The summed E-state index contributed by atoms with van der Waals surface area (Å²) in [7, 11) is 0. The van der Waals surface area contributed by atoms with Gasteiger partial charge in [-0.15, -0.1) is 0 Å². The van der Waals surface area contributed by atoms with Crippen molar-refractivity contribution in [2.45, 2.75) is 82.4 Å². The summed E-state index contributed by atoms with van der Waals surface area (Å²) in [4.78, 5) is 11.6. The van der Waals surface area contributed by atoms with Crippen molar-refractivity contribution in [3.05, 3.63) is 0 Å². The number of alkyl halides is 7. The summed E-state index contributed by atoms with van der Waals surface area (Å²) in [6.07, 6.45) is -5.99.